The van der Waals surface area contributed by atoms with Gasteiger partial charge in [-0.3, -0.25) is 4.79 Å². The summed E-state index contributed by atoms with van der Waals surface area (Å²) in [6.07, 6.45) is 1.95. The van der Waals surface area contributed by atoms with Crippen LogP contribution in [0.5, 0.6) is 0 Å². The van der Waals surface area contributed by atoms with Crippen molar-refractivity contribution in [3.8, 4) is 0 Å². The number of likely N-dealkylation sites (tertiary alicyclic amines) is 1. The van der Waals surface area contributed by atoms with Crippen molar-refractivity contribution in [2.24, 2.45) is 0 Å². The molecule has 1 saturated heterocycles. The number of benzene rings is 2. The molecule has 2 aromatic carbocycles. The highest BCUT2D eigenvalue weighted by atomic mass is 16.2. The monoisotopic (exact) mass is 365 g/mol. The molecule has 2 N–H and O–H groups in total. The highest BCUT2D eigenvalue weighted by Gasteiger charge is 2.24. The van der Waals surface area contributed by atoms with Gasteiger partial charge in [0, 0.05) is 30.4 Å². The maximum absolute atomic E-state index is 12.9. The van der Waals surface area contributed by atoms with E-state index < -0.39 is 0 Å². The number of carbonyl (C=O) groups excluding carboxylic acids is 2. The number of amides is 3. The van der Waals surface area contributed by atoms with Gasteiger partial charge in [-0.15, -0.1) is 0 Å². The fraction of sp³-hybridized carbons (Fsp3) is 0.364. The van der Waals surface area contributed by atoms with E-state index in [1.54, 1.807) is 24.3 Å². The second-order valence-electron chi connectivity index (χ2n) is 7.31. The molecule has 0 atom stereocenters. The number of rotatable bonds is 4. The first-order chi connectivity index (χ1) is 13.0. The van der Waals surface area contributed by atoms with Gasteiger partial charge in [0.15, 0.2) is 0 Å². The first-order valence-electron chi connectivity index (χ1n) is 9.54. The van der Waals surface area contributed by atoms with Crippen LogP contribution in [0.2, 0.25) is 0 Å². The van der Waals surface area contributed by atoms with Gasteiger partial charge in [0.05, 0.1) is 0 Å². The summed E-state index contributed by atoms with van der Waals surface area (Å²) < 4.78 is 0. The van der Waals surface area contributed by atoms with Crippen LogP contribution in [0, 0.1) is 0 Å². The third-order valence-electron chi connectivity index (χ3n) is 4.84. The Labute approximate surface area is 160 Å². The maximum atomic E-state index is 12.9. The van der Waals surface area contributed by atoms with Gasteiger partial charge in [0.25, 0.3) is 5.91 Å². The number of carbonyl (C=O) groups is 2. The van der Waals surface area contributed by atoms with E-state index in [2.05, 4.69) is 34.9 Å². The van der Waals surface area contributed by atoms with Gasteiger partial charge in [-0.25, -0.2) is 4.79 Å². The van der Waals surface area contributed by atoms with E-state index in [1.165, 1.54) is 5.56 Å². The largest absolute Gasteiger partial charge is 0.339 e. The summed E-state index contributed by atoms with van der Waals surface area (Å²) in [5.74, 6) is 0.539. The lowest BCUT2D eigenvalue weighted by molar-refractivity contribution is 0.0713. The van der Waals surface area contributed by atoms with Crippen molar-refractivity contribution in [2.45, 2.75) is 38.6 Å². The first-order valence-corrected chi connectivity index (χ1v) is 9.54. The zero-order chi connectivity index (χ0) is 19.2. The summed E-state index contributed by atoms with van der Waals surface area (Å²) in [5.41, 5.74) is 2.58. The predicted molar refractivity (Wildman–Crippen MR) is 108 cm³/mol. The Kier molecular flexibility index (Phi) is 6.12. The van der Waals surface area contributed by atoms with E-state index in [9.17, 15) is 9.59 Å². The number of hydrogen-bond acceptors (Lipinski definition) is 2. The third kappa shape index (κ3) is 5.09. The molecule has 0 spiro atoms. The van der Waals surface area contributed by atoms with E-state index in [-0.39, 0.29) is 18.0 Å². The third-order valence-corrected chi connectivity index (χ3v) is 4.84. The molecular weight excluding hydrogens is 338 g/mol. The molecule has 0 radical (unpaired) electrons. The summed E-state index contributed by atoms with van der Waals surface area (Å²) in [6, 6.07) is 17.4. The lowest BCUT2D eigenvalue weighted by atomic mass is 9.89. The normalized spacial score (nSPS) is 14.9. The zero-order valence-corrected chi connectivity index (χ0v) is 15.9. The van der Waals surface area contributed by atoms with Crippen LogP contribution >= 0.6 is 0 Å². The molecule has 1 heterocycles. The van der Waals surface area contributed by atoms with Crippen LogP contribution in [0.15, 0.2) is 54.6 Å². The fourth-order valence-electron chi connectivity index (χ4n) is 3.48. The van der Waals surface area contributed by atoms with E-state index >= 15 is 0 Å². The number of nitrogens with zero attached hydrogens (tertiary/aromatic N) is 1. The Morgan fingerprint density at radius 2 is 1.70 bits per heavy atom. The summed E-state index contributed by atoms with van der Waals surface area (Å²) in [5, 5.41) is 5.56. The molecule has 1 aliphatic rings. The van der Waals surface area contributed by atoms with Crippen molar-refractivity contribution in [1.82, 2.24) is 10.2 Å². The quantitative estimate of drug-likeness (QED) is 0.851. The minimum Gasteiger partial charge on any atom is -0.339 e. The predicted octanol–water partition coefficient (Wildman–Crippen LogP) is 4.24. The average molecular weight is 365 g/mol. The molecule has 2 aromatic rings. The van der Waals surface area contributed by atoms with E-state index in [0.717, 1.165) is 25.9 Å². The molecule has 0 bridgehead atoms. The highest BCUT2D eigenvalue weighted by molar-refractivity contribution is 5.97. The smallest absolute Gasteiger partial charge is 0.319 e. The van der Waals surface area contributed by atoms with Gasteiger partial charge in [0.2, 0.25) is 0 Å². The van der Waals surface area contributed by atoms with Crippen molar-refractivity contribution in [3.05, 3.63) is 65.7 Å². The highest BCUT2D eigenvalue weighted by Crippen LogP contribution is 2.28. The van der Waals surface area contributed by atoms with Gasteiger partial charge in [-0.2, -0.15) is 0 Å². The minimum atomic E-state index is -0.265. The summed E-state index contributed by atoms with van der Waals surface area (Å²) in [4.78, 5) is 26.6. The van der Waals surface area contributed by atoms with Crippen LogP contribution in [-0.2, 0) is 0 Å². The average Bonchev–Trinajstić information content (AvgIpc) is 2.68. The molecule has 3 rings (SSSR count). The van der Waals surface area contributed by atoms with Crippen LogP contribution in [-0.4, -0.2) is 36.0 Å². The van der Waals surface area contributed by atoms with Gasteiger partial charge in [-0.1, -0.05) is 36.4 Å². The fourth-order valence-corrected chi connectivity index (χ4v) is 3.48. The van der Waals surface area contributed by atoms with Crippen LogP contribution in [0.4, 0.5) is 10.5 Å². The molecular formula is C22H27N3O2. The second-order valence-corrected chi connectivity index (χ2v) is 7.31. The van der Waals surface area contributed by atoms with Crippen LogP contribution in [0.3, 0.4) is 0 Å². The lowest BCUT2D eigenvalue weighted by Gasteiger charge is -2.32. The SMILES string of the molecule is CC(C)NC(=O)Nc1cccc(C(=O)N2CCC(c3ccccc3)CC2)c1. The molecule has 1 fully saturated rings. The Hall–Kier alpha value is -2.82. The summed E-state index contributed by atoms with van der Waals surface area (Å²) in [6.45, 7) is 5.31. The van der Waals surface area contributed by atoms with Crippen molar-refractivity contribution < 1.29 is 9.59 Å². The molecule has 5 heteroatoms. The van der Waals surface area contributed by atoms with Gasteiger partial charge >= 0.3 is 6.03 Å². The number of piperidine rings is 1. The number of urea groups is 1. The molecule has 0 aliphatic carbocycles. The van der Waals surface area contributed by atoms with Crippen molar-refractivity contribution in [2.75, 3.05) is 18.4 Å². The Morgan fingerprint density at radius 3 is 2.37 bits per heavy atom. The van der Waals surface area contributed by atoms with E-state index in [4.69, 9.17) is 0 Å². The van der Waals surface area contributed by atoms with Crippen molar-refractivity contribution in [3.63, 3.8) is 0 Å². The van der Waals surface area contributed by atoms with Gasteiger partial charge < -0.3 is 15.5 Å². The topological polar surface area (TPSA) is 61.4 Å². The summed E-state index contributed by atoms with van der Waals surface area (Å²) in [7, 11) is 0. The molecule has 0 unspecified atom stereocenters. The van der Waals surface area contributed by atoms with Crippen LogP contribution in [0.25, 0.3) is 0 Å². The van der Waals surface area contributed by atoms with Gasteiger partial charge in [-0.05, 0) is 56.4 Å². The molecule has 0 aromatic heterocycles. The van der Waals surface area contributed by atoms with Crippen LogP contribution < -0.4 is 10.6 Å². The van der Waals surface area contributed by atoms with E-state index in [0.29, 0.717) is 17.2 Å². The van der Waals surface area contributed by atoms with E-state index in [1.807, 2.05) is 24.8 Å². The Morgan fingerprint density at radius 1 is 1.00 bits per heavy atom. The molecule has 0 saturated carbocycles. The Bertz CT molecular complexity index is 781. The Balaban J connectivity index is 1.60. The number of nitrogens with one attached hydrogen (secondary N) is 2. The van der Waals surface area contributed by atoms with Crippen molar-refractivity contribution >= 4 is 17.6 Å². The van der Waals surface area contributed by atoms with Crippen molar-refractivity contribution in [1.29, 1.82) is 0 Å². The first kappa shape index (κ1) is 19.0. The van der Waals surface area contributed by atoms with Crippen LogP contribution in [0.1, 0.15) is 48.5 Å². The number of hydrogen-bond donors (Lipinski definition) is 2. The zero-order valence-electron chi connectivity index (χ0n) is 15.9. The minimum absolute atomic E-state index is 0.0226. The molecule has 3 amide bonds. The summed E-state index contributed by atoms with van der Waals surface area (Å²) >= 11 is 0. The lowest BCUT2D eigenvalue weighted by Crippen LogP contribution is -2.38. The standard InChI is InChI=1S/C22H27N3O2/c1-16(2)23-22(27)24-20-10-6-9-19(15-20)21(26)25-13-11-18(12-14-25)17-7-4-3-5-8-17/h3-10,15-16,18H,11-14H2,1-2H3,(H2,23,24,27). The molecule has 142 valence electrons. The maximum Gasteiger partial charge on any atom is 0.319 e. The van der Waals surface area contributed by atoms with Gasteiger partial charge in [0.1, 0.15) is 0 Å². The number of anilines is 1. The molecule has 1 aliphatic heterocycles. The second kappa shape index (κ2) is 8.71. The molecule has 5 nitrogen and oxygen atoms in total. The molecule has 27 heavy (non-hydrogen) atoms.